The first kappa shape index (κ1) is 13.0. The lowest BCUT2D eigenvalue weighted by Crippen LogP contribution is -2.16. The molecule has 0 spiro atoms. The summed E-state index contributed by atoms with van der Waals surface area (Å²) in [7, 11) is 0. The van der Waals surface area contributed by atoms with Crippen molar-refractivity contribution >= 4 is 23.6 Å². The summed E-state index contributed by atoms with van der Waals surface area (Å²) in [6, 6.07) is 0. The van der Waals surface area contributed by atoms with Gasteiger partial charge in [0.2, 0.25) is 0 Å². The van der Waals surface area contributed by atoms with Gasteiger partial charge in [0, 0.05) is 22.4 Å². The van der Waals surface area contributed by atoms with E-state index in [0.29, 0.717) is 4.77 Å². The van der Waals surface area contributed by atoms with Crippen molar-refractivity contribution < 1.29 is 4.74 Å². The van der Waals surface area contributed by atoms with E-state index in [0.717, 1.165) is 31.8 Å². The van der Waals surface area contributed by atoms with Gasteiger partial charge in [-0.15, -0.1) is 11.3 Å². The summed E-state index contributed by atoms with van der Waals surface area (Å²) in [6.45, 7) is 5.92. The number of aryl methyl sites for hydroxylation is 1. The number of hydrogen-bond donors (Lipinski definition) is 1. The molecule has 19 heavy (non-hydrogen) atoms. The zero-order valence-electron chi connectivity index (χ0n) is 11.1. The summed E-state index contributed by atoms with van der Waals surface area (Å²) in [5.41, 5.74) is 2.46. The highest BCUT2D eigenvalue weighted by molar-refractivity contribution is 7.71. The molecule has 0 aliphatic carbocycles. The molecule has 6 heteroatoms. The molecule has 0 radical (unpaired) electrons. The largest absolute Gasteiger partial charge is 0.376 e. The first-order valence-corrected chi connectivity index (χ1v) is 7.77. The third-order valence-electron chi connectivity index (χ3n) is 3.70. The van der Waals surface area contributed by atoms with Crippen molar-refractivity contribution in [1.82, 2.24) is 14.8 Å². The summed E-state index contributed by atoms with van der Waals surface area (Å²) in [5.74, 6) is 0.933. The SMILES string of the molecule is Cc1scc(-c2n[nH]c(=S)n2CC2CCCO2)c1C. The topological polar surface area (TPSA) is 42.8 Å². The van der Waals surface area contributed by atoms with E-state index in [4.69, 9.17) is 17.0 Å². The predicted octanol–water partition coefficient (Wildman–Crippen LogP) is 3.47. The fraction of sp³-hybridized carbons (Fsp3) is 0.538. The van der Waals surface area contributed by atoms with Gasteiger partial charge >= 0.3 is 0 Å². The fourth-order valence-electron chi connectivity index (χ4n) is 2.42. The second-order valence-corrected chi connectivity index (χ2v) is 6.40. The molecule has 1 aliphatic heterocycles. The number of aromatic amines is 1. The Bertz CT molecular complexity index is 635. The molecule has 1 atom stereocenters. The number of nitrogens with one attached hydrogen (secondary N) is 1. The van der Waals surface area contributed by atoms with Crippen LogP contribution in [0.2, 0.25) is 0 Å². The molecule has 0 saturated carbocycles. The molecule has 0 bridgehead atoms. The molecule has 1 N–H and O–H groups in total. The smallest absolute Gasteiger partial charge is 0.195 e. The van der Waals surface area contributed by atoms with Gasteiger partial charge in [-0.25, -0.2) is 0 Å². The van der Waals surface area contributed by atoms with Crippen molar-refractivity contribution in [2.45, 2.75) is 39.3 Å². The molecule has 4 nitrogen and oxygen atoms in total. The lowest BCUT2D eigenvalue weighted by atomic mass is 10.1. The average molecular weight is 295 g/mol. The molecule has 102 valence electrons. The van der Waals surface area contributed by atoms with Crippen LogP contribution in [-0.4, -0.2) is 27.5 Å². The van der Waals surface area contributed by atoms with Crippen LogP contribution in [0.15, 0.2) is 5.38 Å². The van der Waals surface area contributed by atoms with Gasteiger partial charge in [-0.1, -0.05) is 0 Å². The van der Waals surface area contributed by atoms with Crippen molar-refractivity contribution in [1.29, 1.82) is 0 Å². The zero-order valence-corrected chi connectivity index (χ0v) is 12.7. The van der Waals surface area contributed by atoms with E-state index in [2.05, 4.69) is 34.0 Å². The Balaban J connectivity index is 1.98. The normalized spacial score (nSPS) is 19.2. The first-order chi connectivity index (χ1) is 9.16. The Kier molecular flexibility index (Phi) is 3.56. The van der Waals surface area contributed by atoms with Crippen LogP contribution in [-0.2, 0) is 11.3 Å². The van der Waals surface area contributed by atoms with E-state index in [1.165, 1.54) is 16.0 Å². The van der Waals surface area contributed by atoms with Gasteiger partial charge in [-0.3, -0.25) is 9.67 Å². The van der Waals surface area contributed by atoms with E-state index in [9.17, 15) is 0 Å². The minimum atomic E-state index is 0.267. The Morgan fingerprint density at radius 2 is 2.42 bits per heavy atom. The molecule has 0 aromatic carbocycles. The second-order valence-electron chi connectivity index (χ2n) is 4.93. The number of ether oxygens (including phenoxy) is 1. The average Bonchev–Trinajstić information content (AvgIpc) is 3.08. The van der Waals surface area contributed by atoms with Crippen molar-refractivity contribution in [2.75, 3.05) is 6.61 Å². The van der Waals surface area contributed by atoms with Crippen LogP contribution in [0.4, 0.5) is 0 Å². The Labute approximate surface area is 121 Å². The summed E-state index contributed by atoms with van der Waals surface area (Å²) >= 11 is 7.10. The quantitative estimate of drug-likeness (QED) is 0.882. The van der Waals surface area contributed by atoms with Crippen molar-refractivity contribution in [3.8, 4) is 11.4 Å². The van der Waals surface area contributed by atoms with Crippen molar-refractivity contribution in [2.24, 2.45) is 0 Å². The van der Waals surface area contributed by atoms with Crippen LogP contribution in [0.25, 0.3) is 11.4 Å². The summed E-state index contributed by atoms with van der Waals surface area (Å²) in [5, 5.41) is 9.46. The van der Waals surface area contributed by atoms with Gasteiger partial charge < -0.3 is 4.74 Å². The highest BCUT2D eigenvalue weighted by Crippen LogP contribution is 2.30. The van der Waals surface area contributed by atoms with Crippen molar-refractivity contribution in [3.05, 3.63) is 20.6 Å². The number of aromatic nitrogens is 3. The summed E-state index contributed by atoms with van der Waals surface area (Å²) in [4.78, 5) is 1.33. The van der Waals surface area contributed by atoms with Gasteiger partial charge in [0.1, 0.15) is 0 Å². The standard InChI is InChI=1S/C13H17N3OS2/c1-8-9(2)19-7-11(8)12-14-15-13(18)16(12)6-10-4-3-5-17-10/h7,10H,3-6H2,1-2H3,(H,15,18). The third kappa shape index (κ3) is 2.40. The number of rotatable bonds is 3. The van der Waals surface area contributed by atoms with Gasteiger partial charge in [-0.05, 0) is 44.5 Å². The highest BCUT2D eigenvalue weighted by Gasteiger charge is 2.20. The van der Waals surface area contributed by atoms with E-state index in [1.807, 2.05) is 0 Å². The Hall–Kier alpha value is -0.980. The monoisotopic (exact) mass is 295 g/mol. The predicted molar refractivity (Wildman–Crippen MR) is 79.2 cm³/mol. The fourth-order valence-corrected chi connectivity index (χ4v) is 3.49. The second kappa shape index (κ2) is 5.19. The van der Waals surface area contributed by atoms with Crippen molar-refractivity contribution in [3.63, 3.8) is 0 Å². The van der Waals surface area contributed by atoms with E-state index in [1.54, 1.807) is 11.3 Å². The molecule has 1 aliphatic rings. The molecular formula is C13H17N3OS2. The van der Waals surface area contributed by atoms with Gasteiger partial charge in [-0.2, -0.15) is 5.10 Å². The number of thiophene rings is 1. The molecule has 0 amide bonds. The molecule has 2 aromatic rings. The van der Waals surface area contributed by atoms with E-state index < -0.39 is 0 Å². The van der Waals surface area contributed by atoms with Crippen LogP contribution in [0, 0.1) is 18.6 Å². The molecule has 3 heterocycles. The lowest BCUT2D eigenvalue weighted by Gasteiger charge is -2.12. The molecule has 2 aromatic heterocycles. The maximum atomic E-state index is 5.70. The maximum absolute atomic E-state index is 5.70. The lowest BCUT2D eigenvalue weighted by molar-refractivity contribution is 0.0970. The van der Waals surface area contributed by atoms with Crippen LogP contribution < -0.4 is 0 Å². The van der Waals surface area contributed by atoms with E-state index >= 15 is 0 Å². The minimum absolute atomic E-state index is 0.267. The molecule has 1 saturated heterocycles. The van der Waals surface area contributed by atoms with E-state index in [-0.39, 0.29) is 6.10 Å². The van der Waals surface area contributed by atoms with Crippen LogP contribution in [0.1, 0.15) is 23.3 Å². The minimum Gasteiger partial charge on any atom is -0.376 e. The third-order valence-corrected chi connectivity index (χ3v) is 5.02. The maximum Gasteiger partial charge on any atom is 0.195 e. The Morgan fingerprint density at radius 1 is 1.58 bits per heavy atom. The number of nitrogens with zero attached hydrogens (tertiary/aromatic N) is 2. The van der Waals surface area contributed by atoms with Crippen LogP contribution in [0.5, 0.6) is 0 Å². The molecule has 1 fully saturated rings. The highest BCUT2D eigenvalue weighted by atomic mass is 32.1. The summed E-state index contributed by atoms with van der Waals surface area (Å²) < 4.78 is 8.45. The Morgan fingerprint density at radius 3 is 3.05 bits per heavy atom. The number of H-pyrrole nitrogens is 1. The molecule has 1 unspecified atom stereocenters. The summed E-state index contributed by atoms with van der Waals surface area (Å²) in [6.07, 6.45) is 2.51. The van der Waals surface area contributed by atoms with Gasteiger partial charge in [0.15, 0.2) is 10.6 Å². The first-order valence-electron chi connectivity index (χ1n) is 6.48. The van der Waals surface area contributed by atoms with Gasteiger partial charge in [0.25, 0.3) is 0 Å². The van der Waals surface area contributed by atoms with Gasteiger partial charge in [0.05, 0.1) is 12.6 Å². The number of hydrogen-bond acceptors (Lipinski definition) is 4. The molecule has 3 rings (SSSR count). The van der Waals surface area contributed by atoms with Crippen LogP contribution >= 0.6 is 23.6 Å². The molecular weight excluding hydrogens is 278 g/mol. The van der Waals surface area contributed by atoms with Crippen LogP contribution in [0.3, 0.4) is 0 Å². The zero-order chi connectivity index (χ0) is 13.4.